The highest BCUT2D eigenvalue weighted by atomic mass is 127. The third-order valence-corrected chi connectivity index (χ3v) is 6.78. The molecule has 1 saturated carbocycles. The Morgan fingerprint density at radius 2 is 2.00 bits per heavy atom. The zero-order valence-electron chi connectivity index (χ0n) is 17.4. The van der Waals surface area contributed by atoms with Crippen LogP contribution in [0.5, 0.6) is 0 Å². The molecule has 26 heavy (non-hydrogen) atoms. The predicted octanol–water partition coefficient (Wildman–Crippen LogP) is 3.36. The fourth-order valence-corrected chi connectivity index (χ4v) is 4.53. The number of nitrogens with one attached hydrogen (secondary N) is 2. The van der Waals surface area contributed by atoms with Crippen molar-refractivity contribution in [2.75, 3.05) is 32.4 Å². The van der Waals surface area contributed by atoms with Crippen LogP contribution in [0.3, 0.4) is 0 Å². The SMILES string of the molecule is CCNC(=NCCCCN(C)C(C)C)NC1CCCC(S(=O)CC)C1.I. The molecule has 2 N–H and O–H groups in total. The van der Waals surface area contributed by atoms with Crippen molar-refractivity contribution in [3.8, 4) is 0 Å². The lowest BCUT2D eigenvalue weighted by Gasteiger charge is -2.30. The summed E-state index contributed by atoms with van der Waals surface area (Å²) < 4.78 is 12.1. The van der Waals surface area contributed by atoms with Crippen molar-refractivity contribution in [3.63, 3.8) is 0 Å². The van der Waals surface area contributed by atoms with Crippen molar-refractivity contribution >= 4 is 40.7 Å². The van der Waals surface area contributed by atoms with Crippen molar-refractivity contribution < 1.29 is 4.21 Å². The number of hydrogen-bond donors (Lipinski definition) is 2. The minimum Gasteiger partial charge on any atom is -0.357 e. The molecule has 1 aliphatic rings. The molecule has 0 amide bonds. The Morgan fingerprint density at radius 1 is 1.27 bits per heavy atom. The Kier molecular flexibility index (Phi) is 15.1. The van der Waals surface area contributed by atoms with Crippen LogP contribution in [0.2, 0.25) is 0 Å². The summed E-state index contributed by atoms with van der Waals surface area (Å²) in [6.45, 7) is 11.4. The van der Waals surface area contributed by atoms with Gasteiger partial charge in [-0.3, -0.25) is 9.20 Å². The van der Waals surface area contributed by atoms with Gasteiger partial charge in [0.1, 0.15) is 0 Å². The minimum absolute atomic E-state index is 0. The highest BCUT2D eigenvalue weighted by molar-refractivity contribution is 14.0. The van der Waals surface area contributed by atoms with Crippen LogP contribution in [0.15, 0.2) is 4.99 Å². The molecule has 0 heterocycles. The first kappa shape index (κ1) is 26.1. The fourth-order valence-electron chi connectivity index (χ4n) is 3.19. The Morgan fingerprint density at radius 3 is 2.62 bits per heavy atom. The summed E-state index contributed by atoms with van der Waals surface area (Å²) in [6.07, 6.45) is 6.72. The highest BCUT2D eigenvalue weighted by Crippen LogP contribution is 2.22. The van der Waals surface area contributed by atoms with Crippen molar-refractivity contribution in [1.82, 2.24) is 15.5 Å². The molecule has 0 radical (unpaired) electrons. The standard InChI is InChI=1S/C19H40N4OS.HI/c1-6-20-19(21-13-8-9-14-23(5)16(3)4)22-17-11-10-12-18(15-17)25(24)7-2;/h16-18H,6-15H2,1-5H3,(H2,20,21,22);1H. The smallest absolute Gasteiger partial charge is 0.191 e. The average Bonchev–Trinajstić information content (AvgIpc) is 2.60. The van der Waals surface area contributed by atoms with E-state index >= 15 is 0 Å². The summed E-state index contributed by atoms with van der Waals surface area (Å²) in [6, 6.07) is 1.01. The molecule has 5 nitrogen and oxygen atoms in total. The number of unbranched alkanes of at least 4 members (excludes halogenated alkanes) is 1. The summed E-state index contributed by atoms with van der Waals surface area (Å²) in [5.41, 5.74) is 0. The normalized spacial score (nSPS) is 22.2. The van der Waals surface area contributed by atoms with E-state index in [0.717, 1.165) is 63.5 Å². The summed E-state index contributed by atoms with van der Waals surface area (Å²) in [5, 5.41) is 7.29. The van der Waals surface area contributed by atoms with Crippen molar-refractivity contribution in [1.29, 1.82) is 0 Å². The lowest BCUT2D eigenvalue weighted by atomic mass is 9.95. The van der Waals surface area contributed by atoms with Gasteiger partial charge in [-0.25, -0.2) is 0 Å². The molecule has 0 saturated heterocycles. The maximum atomic E-state index is 12.1. The van der Waals surface area contributed by atoms with Crippen LogP contribution in [-0.4, -0.2) is 64.8 Å². The molecule has 3 unspecified atom stereocenters. The molecule has 0 aliphatic heterocycles. The van der Waals surface area contributed by atoms with Gasteiger partial charge in [0.25, 0.3) is 0 Å². The van der Waals surface area contributed by atoms with E-state index in [1.165, 1.54) is 6.42 Å². The van der Waals surface area contributed by atoms with Crippen LogP contribution in [0, 0.1) is 0 Å². The number of hydrogen-bond acceptors (Lipinski definition) is 3. The maximum absolute atomic E-state index is 12.1. The molecule has 1 fully saturated rings. The maximum Gasteiger partial charge on any atom is 0.191 e. The van der Waals surface area contributed by atoms with E-state index in [9.17, 15) is 4.21 Å². The van der Waals surface area contributed by atoms with E-state index in [4.69, 9.17) is 4.99 Å². The molecule has 1 aliphatic carbocycles. The third-order valence-electron chi connectivity index (χ3n) is 5.04. The van der Waals surface area contributed by atoms with Crippen molar-refractivity contribution in [3.05, 3.63) is 0 Å². The van der Waals surface area contributed by atoms with Crippen LogP contribution < -0.4 is 10.6 Å². The monoisotopic (exact) mass is 500 g/mol. The van der Waals surface area contributed by atoms with Crippen molar-refractivity contribution in [2.45, 2.75) is 83.6 Å². The quantitative estimate of drug-likeness (QED) is 0.209. The Balaban J connectivity index is 0.00000625. The van der Waals surface area contributed by atoms with Gasteiger partial charge >= 0.3 is 0 Å². The summed E-state index contributed by atoms with van der Waals surface area (Å²) >= 11 is 0. The van der Waals surface area contributed by atoms with E-state index in [-0.39, 0.29) is 24.0 Å². The molecule has 1 rings (SSSR count). The highest BCUT2D eigenvalue weighted by Gasteiger charge is 2.25. The average molecular weight is 501 g/mol. The molecule has 0 aromatic heterocycles. The van der Waals surface area contributed by atoms with Gasteiger partial charge in [-0.1, -0.05) is 13.3 Å². The van der Waals surface area contributed by atoms with Gasteiger partial charge in [-0.15, -0.1) is 24.0 Å². The lowest BCUT2D eigenvalue weighted by molar-refractivity contribution is 0.269. The van der Waals surface area contributed by atoms with E-state index in [2.05, 4.69) is 43.4 Å². The van der Waals surface area contributed by atoms with Crippen LogP contribution >= 0.6 is 24.0 Å². The molecule has 0 bridgehead atoms. The lowest BCUT2D eigenvalue weighted by Crippen LogP contribution is -2.46. The Hall–Kier alpha value is 0.110. The predicted molar refractivity (Wildman–Crippen MR) is 126 cm³/mol. The Labute approximate surface area is 181 Å². The molecular weight excluding hydrogens is 459 g/mol. The molecular formula is C19H41IN4OS. The van der Waals surface area contributed by atoms with E-state index in [0.29, 0.717) is 17.3 Å². The fraction of sp³-hybridized carbons (Fsp3) is 0.947. The zero-order chi connectivity index (χ0) is 18.7. The van der Waals surface area contributed by atoms with Crippen LogP contribution in [0.1, 0.15) is 66.2 Å². The molecule has 7 heteroatoms. The first-order chi connectivity index (χ1) is 12.0. The second-order valence-electron chi connectivity index (χ2n) is 7.34. The zero-order valence-corrected chi connectivity index (χ0v) is 20.6. The van der Waals surface area contributed by atoms with Gasteiger partial charge in [0.2, 0.25) is 0 Å². The van der Waals surface area contributed by atoms with E-state index in [1.807, 2.05) is 6.92 Å². The van der Waals surface area contributed by atoms with Gasteiger partial charge in [-0.2, -0.15) is 0 Å². The molecule has 0 aromatic carbocycles. The van der Waals surface area contributed by atoms with E-state index in [1.54, 1.807) is 0 Å². The van der Waals surface area contributed by atoms with Crippen molar-refractivity contribution in [2.24, 2.45) is 4.99 Å². The third kappa shape index (κ3) is 10.4. The second-order valence-corrected chi connectivity index (χ2v) is 9.35. The topological polar surface area (TPSA) is 56.7 Å². The number of nitrogens with zero attached hydrogens (tertiary/aromatic N) is 2. The van der Waals surface area contributed by atoms with Crippen LogP contribution in [0.4, 0.5) is 0 Å². The van der Waals surface area contributed by atoms with Crippen LogP contribution in [0.25, 0.3) is 0 Å². The molecule has 0 aromatic rings. The summed E-state index contributed by atoms with van der Waals surface area (Å²) in [5.74, 6) is 1.70. The number of halogens is 1. The first-order valence-corrected chi connectivity index (χ1v) is 11.5. The summed E-state index contributed by atoms with van der Waals surface area (Å²) in [7, 11) is 1.51. The number of rotatable bonds is 10. The molecule has 0 spiro atoms. The summed E-state index contributed by atoms with van der Waals surface area (Å²) in [4.78, 5) is 7.12. The van der Waals surface area contributed by atoms with Gasteiger partial charge in [0, 0.05) is 47.0 Å². The second kappa shape index (κ2) is 15.1. The van der Waals surface area contributed by atoms with Gasteiger partial charge in [0.05, 0.1) is 0 Å². The molecule has 3 atom stereocenters. The van der Waals surface area contributed by atoms with Gasteiger partial charge < -0.3 is 15.5 Å². The van der Waals surface area contributed by atoms with E-state index < -0.39 is 10.8 Å². The minimum atomic E-state index is -0.674. The first-order valence-electron chi connectivity index (χ1n) is 10.1. The number of aliphatic imine (C=N–C) groups is 1. The van der Waals surface area contributed by atoms with Gasteiger partial charge in [0.15, 0.2) is 5.96 Å². The number of guanidine groups is 1. The van der Waals surface area contributed by atoms with Crippen LogP contribution in [-0.2, 0) is 10.8 Å². The molecule has 156 valence electrons. The largest absolute Gasteiger partial charge is 0.357 e. The Bertz CT molecular complexity index is 420. The van der Waals surface area contributed by atoms with Gasteiger partial charge in [-0.05, 0) is 66.5 Å².